The molecule has 0 radical (unpaired) electrons. The van der Waals surface area contributed by atoms with E-state index in [2.05, 4.69) is 34.1 Å². The maximum Gasteiger partial charge on any atom is 0.413 e. The molecule has 2 N–H and O–H groups in total. The van der Waals surface area contributed by atoms with Crippen molar-refractivity contribution >= 4 is 12.0 Å². The molecule has 1 aliphatic heterocycles. The van der Waals surface area contributed by atoms with Crippen LogP contribution in [-0.2, 0) is 9.53 Å². The zero-order valence-corrected chi connectivity index (χ0v) is 12.1. The minimum absolute atomic E-state index is 0.257. The van der Waals surface area contributed by atoms with Gasteiger partial charge in [0.2, 0.25) is 5.91 Å². The number of alkyl carbamates (subject to hydrolysis) is 1. The topological polar surface area (TPSA) is 70.7 Å². The molecule has 1 heterocycles. The maximum absolute atomic E-state index is 11.6. The lowest BCUT2D eigenvalue weighted by Gasteiger charge is -2.32. The molecule has 0 aliphatic carbocycles. The van der Waals surface area contributed by atoms with Crippen LogP contribution in [-0.4, -0.2) is 56.2 Å². The number of piperidine rings is 1. The Morgan fingerprint density at radius 3 is 2.79 bits per heavy atom. The van der Waals surface area contributed by atoms with Gasteiger partial charge in [0.15, 0.2) is 0 Å². The number of likely N-dealkylation sites (tertiary alicyclic amines) is 1. The number of amides is 2. The first-order valence-corrected chi connectivity index (χ1v) is 6.84. The van der Waals surface area contributed by atoms with E-state index in [1.54, 1.807) is 0 Å². The van der Waals surface area contributed by atoms with Crippen molar-refractivity contribution in [3.63, 3.8) is 0 Å². The fourth-order valence-corrected chi connectivity index (χ4v) is 2.27. The molecule has 110 valence electrons. The highest BCUT2D eigenvalue weighted by molar-refractivity contribution is 5.92. The number of methoxy groups -OCH3 is 1. The number of hydrogen-bond donors (Lipinski definition) is 2. The average Bonchev–Trinajstić information content (AvgIpc) is 2.36. The minimum atomic E-state index is -0.694. The maximum atomic E-state index is 11.6. The third-order valence-electron chi connectivity index (χ3n) is 3.21. The largest absolute Gasteiger partial charge is 0.453 e. The van der Waals surface area contributed by atoms with E-state index < -0.39 is 6.09 Å². The summed E-state index contributed by atoms with van der Waals surface area (Å²) in [7, 11) is 1.25. The summed E-state index contributed by atoms with van der Waals surface area (Å²) in [4.78, 5) is 24.6. The molecule has 0 aromatic rings. The van der Waals surface area contributed by atoms with Gasteiger partial charge in [0.05, 0.1) is 13.7 Å². The second-order valence-corrected chi connectivity index (χ2v) is 5.35. The van der Waals surface area contributed by atoms with E-state index in [0.717, 1.165) is 26.1 Å². The molecule has 1 atom stereocenters. The molecule has 0 bridgehead atoms. The molecular weight excluding hydrogens is 246 g/mol. The lowest BCUT2D eigenvalue weighted by atomic mass is 9.98. The van der Waals surface area contributed by atoms with Crippen LogP contribution >= 0.6 is 0 Å². The monoisotopic (exact) mass is 271 g/mol. The molecule has 1 aliphatic rings. The van der Waals surface area contributed by atoms with E-state index >= 15 is 0 Å². The van der Waals surface area contributed by atoms with E-state index in [1.165, 1.54) is 13.5 Å². The van der Waals surface area contributed by atoms with Crippen LogP contribution in [0.2, 0.25) is 0 Å². The Hall–Kier alpha value is -1.14. The molecule has 0 aromatic heterocycles. The van der Waals surface area contributed by atoms with Crippen LogP contribution in [0.1, 0.15) is 26.7 Å². The Kier molecular flexibility index (Phi) is 6.80. The number of nitrogens with zero attached hydrogens (tertiary/aromatic N) is 1. The average molecular weight is 271 g/mol. The van der Waals surface area contributed by atoms with Gasteiger partial charge in [-0.1, -0.05) is 13.8 Å². The van der Waals surface area contributed by atoms with Crippen LogP contribution in [0, 0.1) is 5.92 Å². The van der Waals surface area contributed by atoms with Gasteiger partial charge in [-0.2, -0.15) is 0 Å². The van der Waals surface area contributed by atoms with E-state index in [1.807, 2.05) is 0 Å². The van der Waals surface area contributed by atoms with Crippen molar-refractivity contribution in [3.05, 3.63) is 0 Å². The molecule has 1 unspecified atom stereocenters. The van der Waals surface area contributed by atoms with E-state index in [0.29, 0.717) is 12.0 Å². The first kappa shape index (κ1) is 15.9. The van der Waals surface area contributed by atoms with Gasteiger partial charge in [-0.15, -0.1) is 0 Å². The van der Waals surface area contributed by atoms with Crippen molar-refractivity contribution in [2.24, 2.45) is 5.92 Å². The summed E-state index contributed by atoms with van der Waals surface area (Å²) in [5, 5.41) is 5.61. The minimum Gasteiger partial charge on any atom is -0.453 e. The number of ether oxygens (including phenoxy) is 1. The first-order valence-electron chi connectivity index (χ1n) is 6.84. The molecule has 1 fully saturated rings. The highest BCUT2D eigenvalue weighted by Gasteiger charge is 2.22. The lowest BCUT2D eigenvalue weighted by molar-refractivity contribution is -0.121. The van der Waals surface area contributed by atoms with E-state index in [-0.39, 0.29) is 12.5 Å². The molecule has 6 nitrogen and oxygen atoms in total. The summed E-state index contributed by atoms with van der Waals surface area (Å²) in [6, 6.07) is 0.484. The van der Waals surface area contributed by atoms with Gasteiger partial charge in [0, 0.05) is 12.6 Å². The van der Waals surface area contributed by atoms with Gasteiger partial charge in [-0.3, -0.25) is 15.0 Å². The predicted octanol–water partition coefficient (Wildman–Crippen LogP) is 0.579. The van der Waals surface area contributed by atoms with Crippen LogP contribution in [0.4, 0.5) is 4.79 Å². The number of nitrogens with one attached hydrogen (secondary N) is 2. The zero-order chi connectivity index (χ0) is 14.3. The SMILES string of the molecule is COC(=O)NC(=O)CN1CCCC(CNC(C)C)C1. The normalized spacial score (nSPS) is 20.3. The number of carbonyl (C=O) groups excluding carboxylic acids is 2. The Labute approximate surface area is 114 Å². The van der Waals surface area contributed by atoms with Crippen LogP contribution in [0.3, 0.4) is 0 Å². The standard InChI is InChI=1S/C13H25N3O3/c1-10(2)14-7-11-5-4-6-16(8-11)9-12(17)15-13(18)19-3/h10-11,14H,4-9H2,1-3H3,(H,15,17,18). The molecule has 1 rings (SSSR count). The third kappa shape index (κ3) is 6.54. The fourth-order valence-electron chi connectivity index (χ4n) is 2.27. The summed E-state index contributed by atoms with van der Waals surface area (Å²) in [6.07, 6.45) is 1.59. The summed E-state index contributed by atoms with van der Waals surface area (Å²) in [5.74, 6) is 0.270. The third-order valence-corrected chi connectivity index (χ3v) is 3.21. The second kappa shape index (κ2) is 8.12. The smallest absolute Gasteiger partial charge is 0.413 e. The molecule has 0 saturated carbocycles. The Balaban J connectivity index is 2.30. The van der Waals surface area contributed by atoms with Crippen molar-refractivity contribution in [1.29, 1.82) is 0 Å². The van der Waals surface area contributed by atoms with Crippen LogP contribution in [0.15, 0.2) is 0 Å². The molecule has 0 aromatic carbocycles. The van der Waals surface area contributed by atoms with Crippen LogP contribution in [0.5, 0.6) is 0 Å². The van der Waals surface area contributed by atoms with Gasteiger partial charge in [0.1, 0.15) is 0 Å². The van der Waals surface area contributed by atoms with Gasteiger partial charge in [-0.05, 0) is 31.8 Å². The molecule has 6 heteroatoms. The van der Waals surface area contributed by atoms with Crippen molar-refractivity contribution in [2.75, 3.05) is 33.3 Å². The predicted molar refractivity (Wildman–Crippen MR) is 72.9 cm³/mol. The van der Waals surface area contributed by atoms with Crippen LogP contribution in [0.25, 0.3) is 0 Å². The van der Waals surface area contributed by atoms with E-state index in [9.17, 15) is 9.59 Å². The molecule has 19 heavy (non-hydrogen) atoms. The first-order chi connectivity index (χ1) is 9.01. The highest BCUT2D eigenvalue weighted by atomic mass is 16.5. The molecule has 1 saturated heterocycles. The highest BCUT2D eigenvalue weighted by Crippen LogP contribution is 2.15. The number of hydrogen-bond acceptors (Lipinski definition) is 5. The molecular formula is C13H25N3O3. The van der Waals surface area contributed by atoms with Gasteiger partial charge >= 0.3 is 6.09 Å². The summed E-state index contributed by atoms with van der Waals surface area (Å²) < 4.78 is 4.40. The van der Waals surface area contributed by atoms with Crippen molar-refractivity contribution in [3.8, 4) is 0 Å². The van der Waals surface area contributed by atoms with E-state index in [4.69, 9.17) is 0 Å². The second-order valence-electron chi connectivity index (χ2n) is 5.35. The fraction of sp³-hybridized carbons (Fsp3) is 0.846. The Bertz CT molecular complexity index is 308. The van der Waals surface area contributed by atoms with Gasteiger partial charge in [0.25, 0.3) is 0 Å². The van der Waals surface area contributed by atoms with Gasteiger partial charge < -0.3 is 10.1 Å². The molecule has 0 spiro atoms. The van der Waals surface area contributed by atoms with Crippen molar-refractivity contribution in [1.82, 2.24) is 15.5 Å². The van der Waals surface area contributed by atoms with Gasteiger partial charge in [-0.25, -0.2) is 4.79 Å². The van der Waals surface area contributed by atoms with Crippen LogP contribution < -0.4 is 10.6 Å². The quantitative estimate of drug-likeness (QED) is 0.765. The summed E-state index contributed by atoms with van der Waals surface area (Å²) in [5.41, 5.74) is 0. The number of imide groups is 1. The lowest BCUT2D eigenvalue weighted by Crippen LogP contribution is -2.46. The summed E-state index contributed by atoms with van der Waals surface area (Å²) >= 11 is 0. The van der Waals surface area contributed by atoms with Crippen molar-refractivity contribution in [2.45, 2.75) is 32.7 Å². The van der Waals surface area contributed by atoms with Crippen molar-refractivity contribution < 1.29 is 14.3 Å². The Morgan fingerprint density at radius 1 is 1.42 bits per heavy atom. The number of carbonyl (C=O) groups is 2. The Morgan fingerprint density at radius 2 is 2.16 bits per heavy atom. The summed E-state index contributed by atoms with van der Waals surface area (Å²) in [6.45, 7) is 7.30. The zero-order valence-electron chi connectivity index (χ0n) is 12.1. The molecule has 2 amide bonds. The number of rotatable bonds is 5.